The van der Waals surface area contributed by atoms with E-state index in [0.29, 0.717) is 5.92 Å². The largest absolute Gasteiger partial charge is 0.316 e. The third kappa shape index (κ3) is 1.37. The number of H-pyrrole nitrogens is 1. The van der Waals surface area contributed by atoms with Crippen LogP contribution in [0.25, 0.3) is 0 Å². The molecule has 3 nitrogen and oxygen atoms in total. The highest BCUT2D eigenvalue weighted by atomic mass is 15.1. The van der Waals surface area contributed by atoms with Gasteiger partial charge in [-0.05, 0) is 31.9 Å². The predicted molar refractivity (Wildman–Crippen MR) is 50.8 cm³/mol. The molecule has 13 heavy (non-hydrogen) atoms. The summed E-state index contributed by atoms with van der Waals surface area (Å²) in [5.74, 6) is 1.46. The smallest absolute Gasteiger partial charge is 0.0669 e. The molecule has 0 aromatic carbocycles. The number of hydrogen-bond donors (Lipinski definition) is 2. The van der Waals surface area contributed by atoms with E-state index in [2.05, 4.69) is 21.6 Å². The molecule has 1 saturated carbocycles. The van der Waals surface area contributed by atoms with Gasteiger partial charge in [0, 0.05) is 24.1 Å². The molecule has 2 fully saturated rings. The maximum absolute atomic E-state index is 4.39. The maximum Gasteiger partial charge on any atom is 0.0669 e. The van der Waals surface area contributed by atoms with E-state index in [4.69, 9.17) is 0 Å². The van der Waals surface area contributed by atoms with E-state index in [1.165, 1.54) is 30.7 Å². The Bertz CT molecular complexity index is 295. The normalized spacial score (nSPS) is 28.2. The maximum atomic E-state index is 4.39. The zero-order valence-electron chi connectivity index (χ0n) is 7.71. The van der Waals surface area contributed by atoms with Crippen molar-refractivity contribution in [3.05, 3.63) is 17.5 Å². The van der Waals surface area contributed by atoms with Gasteiger partial charge in [0.2, 0.25) is 0 Å². The Morgan fingerprint density at radius 3 is 2.85 bits per heavy atom. The van der Waals surface area contributed by atoms with E-state index in [1.54, 1.807) is 0 Å². The van der Waals surface area contributed by atoms with Gasteiger partial charge in [0.1, 0.15) is 0 Å². The molecular formula is C10H15N3. The van der Waals surface area contributed by atoms with Crippen molar-refractivity contribution in [1.82, 2.24) is 15.5 Å². The fourth-order valence-corrected chi connectivity index (χ4v) is 2.07. The highest BCUT2D eigenvalue weighted by molar-refractivity contribution is 5.20. The van der Waals surface area contributed by atoms with Crippen LogP contribution in [-0.4, -0.2) is 23.3 Å². The first-order valence-electron chi connectivity index (χ1n) is 5.19. The molecule has 0 amide bonds. The zero-order chi connectivity index (χ0) is 8.67. The van der Waals surface area contributed by atoms with Gasteiger partial charge >= 0.3 is 0 Å². The van der Waals surface area contributed by atoms with Crippen molar-refractivity contribution in [3.8, 4) is 0 Å². The number of rotatable bonds is 2. The first kappa shape index (κ1) is 7.56. The molecule has 3 rings (SSSR count). The van der Waals surface area contributed by atoms with Gasteiger partial charge in [-0.25, -0.2) is 0 Å². The topological polar surface area (TPSA) is 40.7 Å². The van der Waals surface area contributed by atoms with Crippen molar-refractivity contribution in [2.45, 2.75) is 31.1 Å². The third-order valence-electron chi connectivity index (χ3n) is 3.11. The van der Waals surface area contributed by atoms with Gasteiger partial charge in [-0.1, -0.05) is 0 Å². The monoisotopic (exact) mass is 177 g/mol. The fraction of sp³-hybridized carbons (Fsp3) is 0.700. The first-order valence-corrected chi connectivity index (χ1v) is 5.19. The van der Waals surface area contributed by atoms with Crippen molar-refractivity contribution < 1.29 is 0 Å². The first-order chi connectivity index (χ1) is 6.43. The predicted octanol–water partition coefficient (Wildman–Crippen LogP) is 1.36. The Labute approximate surface area is 77.9 Å². The number of nitrogens with zero attached hydrogens (tertiary/aromatic N) is 1. The van der Waals surface area contributed by atoms with Gasteiger partial charge in [-0.15, -0.1) is 0 Å². The Balaban J connectivity index is 1.79. The Kier molecular flexibility index (Phi) is 1.65. The molecule has 2 N–H and O–H groups in total. The molecular weight excluding hydrogens is 162 g/mol. The number of aromatic nitrogens is 2. The van der Waals surface area contributed by atoms with Crippen LogP contribution < -0.4 is 5.32 Å². The minimum atomic E-state index is 0.656. The Morgan fingerprint density at radius 1 is 1.23 bits per heavy atom. The molecule has 0 radical (unpaired) electrons. The standard InChI is InChI=1S/C10H15N3/c1-2-7(1)9-5-10(13-12-9)8-3-4-11-6-8/h5,7-8,11H,1-4,6H2,(H,12,13). The third-order valence-corrected chi connectivity index (χ3v) is 3.11. The lowest BCUT2D eigenvalue weighted by Gasteiger charge is -2.01. The second kappa shape index (κ2) is 2.84. The van der Waals surface area contributed by atoms with Crippen molar-refractivity contribution in [2.24, 2.45) is 0 Å². The molecule has 2 heterocycles. The fourth-order valence-electron chi connectivity index (χ4n) is 2.07. The number of nitrogens with one attached hydrogen (secondary N) is 2. The van der Waals surface area contributed by atoms with Gasteiger partial charge in [0.15, 0.2) is 0 Å². The molecule has 1 saturated heterocycles. The minimum Gasteiger partial charge on any atom is -0.316 e. The average Bonchev–Trinajstić information content (AvgIpc) is 2.72. The average molecular weight is 177 g/mol. The van der Waals surface area contributed by atoms with Crippen LogP contribution in [0.2, 0.25) is 0 Å². The lowest BCUT2D eigenvalue weighted by atomic mass is 10.0. The zero-order valence-corrected chi connectivity index (χ0v) is 7.71. The van der Waals surface area contributed by atoms with E-state index < -0.39 is 0 Å². The molecule has 2 aliphatic rings. The molecule has 0 spiro atoms. The van der Waals surface area contributed by atoms with Gasteiger partial charge in [-0.3, -0.25) is 5.10 Å². The number of hydrogen-bond acceptors (Lipinski definition) is 2. The van der Waals surface area contributed by atoms with Crippen molar-refractivity contribution in [2.75, 3.05) is 13.1 Å². The van der Waals surface area contributed by atoms with Crippen molar-refractivity contribution in [3.63, 3.8) is 0 Å². The van der Waals surface area contributed by atoms with Crippen LogP contribution in [0, 0.1) is 0 Å². The van der Waals surface area contributed by atoms with Crippen LogP contribution in [0.3, 0.4) is 0 Å². The second-order valence-electron chi connectivity index (χ2n) is 4.21. The SMILES string of the molecule is c1c(C2CCNC2)n[nH]c1C1CC1. The van der Waals surface area contributed by atoms with Crippen LogP contribution in [0.4, 0.5) is 0 Å². The van der Waals surface area contributed by atoms with Crippen LogP contribution >= 0.6 is 0 Å². The number of aromatic amines is 1. The molecule has 1 aliphatic carbocycles. The van der Waals surface area contributed by atoms with E-state index in [-0.39, 0.29) is 0 Å². The van der Waals surface area contributed by atoms with E-state index in [9.17, 15) is 0 Å². The van der Waals surface area contributed by atoms with Gasteiger partial charge in [0.25, 0.3) is 0 Å². The van der Waals surface area contributed by atoms with Gasteiger partial charge < -0.3 is 5.32 Å². The summed E-state index contributed by atoms with van der Waals surface area (Å²) in [5.41, 5.74) is 2.63. The van der Waals surface area contributed by atoms with Crippen LogP contribution in [-0.2, 0) is 0 Å². The Morgan fingerprint density at radius 2 is 2.15 bits per heavy atom. The van der Waals surface area contributed by atoms with Crippen molar-refractivity contribution >= 4 is 0 Å². The second-order valence-corrected chi connectivity index (χ2v) is 4.21. The van der Waals surface area contributed by atoms with Gasteiger partial charge in [-0.2, -0.15) is 5.10 Å². The molecule has 1 aromatic rings. The molecule has 0 bridgehead atoms. The summed E-state index contributed by atoms with van der Waals surface area (Å²) < 4.78 is 0. The summed E-state index contributed by atoms with van der Waals surface area (Å²) in [7, 11) is 0. The van der Waals surface area contributed by atoms with Crippen LogP contribution in [0.5, 0.6) is 0 Å². The summed E-state index contributed by atoms with van der Waals surface area (Å²) in [6, 6.07) is 2.27. The lowest BCUT2D eigenvalue weighted by molar-refractivity contribution is 0.729. The van der Waals surface area contributed by atoms with Crippen molar-refractivity contribution in [1.29, 1.82) is 0 Å². The van der Waals surface area contributed by atoms with Gasteiger partial charge in [0.05, 0.1) is 5.69 Å². The summed E-state index contributed by atoms with van der Waals surface area (Å²) in [4.78, 5) is 0. The molecule has 1 aliphatic heterocycles. The molecule has 1 atom stereocenters. The van der Waals surface area contributed by atoms with E-state index in [0.717, 1.165) is 19.0 Å². The summed E-state index contributed by atoms with van der Waals surface area (Å²) in [5, 5.41) is 10.9. The van der Waals surface area contributed by atoms with Crippen LogP contribution in [0.15, 0.2) is 6.07 Å². The molecule has 1 aromatic heterocycles. The Hall–Kier alpha value is -0.830. The molecule has 70 valence electrons. The summed E-state index contributed by atoms with van der Waals surface area (Å²) in [6.45, 7) is 2.26. The lowest BCUT2D eigenvalue weighted by Crippen LogP contribution is -2.08. The van der Waals surface area contributed by atoms with Crippen LogP contribution in [0.1, 0.15) is 42.5 Å². The van der Waals surface area contributed by atoms with E-state index >= 15 is 0 Å². The molecule has 1 unspecified atom stereocenters. The highest BCUT2D eigenvalue weighted by Gasteiger charge is 2.27. The quantitative estimate of drug-likeness (QED) is 0.716. The summed E-state index contributed by atoms with van der Waals surface area (Å²) >= 11 is 0. The van der Waals surface area contributed by atoms with E-state index in [1.807, 2.05) is 0 Å². The summed E-state index contributed by atoms with van der Waals surface area (Å²) in [6.07, 6.45) is 3.95. The minimum absolute atomic E-state index is 0.656. The molecule has 3 heteroatoms. The highest BCUT2D eigenvalue weighted by Crippen LogP contribution is 2.39.